The second kappa shape index (κ2) is 7.51. The number of rotatable bonds is 7. The van der Waals surface area contributed by atoms with Crippen LogP contribution in [0.25, 0.3) is 0 Å². The normalized spacial score (nSPS) is 9.94. The Hall–Kier alpha value is -1.75. The molecule has 0 radical (unpaired) electrons. The Kier molecular flexibility index (Phi) is 5.88. The third kappa shape index (κ3) is 5.21. The van der Waals surface area contributed by atoms with Crippen LogP contribution in [0.4, 0.5) is 5.69 Å². The summed E-state index contributed by atoms with van der Waals surface area (Å²) in [4.78, 5) is 11.3. The van der Waals surface area contributed by atoms with Crippen molar-refractivity contribution in [3.8, 4) is 5.75 Å². The molecule has 5 nitrogen and oxygen atoms in total. The quantitative estimate of drug-likeness (QED) is 0.544. The zero-order valence-corrected chi connectivity index (χ0v) is 9.94. The molecule has 0 fully saturated rings. The average molecular weight is 238 g/mol. The van der Waals surface area contributed by atoms with E-state index in [2.05, 4.69) is 5.32 Å². The molecule has 1 aromatic rings. The van der Waals surface area contributed by atoms with Gasteiger partial charge < -0.3 is 20.5 Å². The second-order valence-corrected chi connectivity index (χ2v) is 3.48. The first kappa shape index (κ1) is 13.3. The highest BCUT2D eigenvalue weighted by Crippen LogP contribution is 2.19. The van der Waals surface area contributed by atoms with Crippen LogP contribution < -0.4 is 15.8 Å². The van der Waals surface area contributed by atoms with E-state index in [1.165, 1.54) is 0 Å². The first-order valence-electron chi connectivity index (χ1n) is 5.47. The van der Waals surface area contributed by atoms with Gasteiger partial charge in [-0.15, -0.1) is 0 Å². The van der Waals surface area contributed by atoms with Crippen molar-refractivity contribution in [2.45, 2.75) is 6.42 Å². The number of benzene rings is 1. The van der Waals surface area contributed by atoms with E-state index in [-0.39, 0.29) is 5.91 Å². The van der Waals surface area contributed by atoms with E-state index >= 15 is 0 Å². The number of ether oxygens (including phenoxy) is 2. The molecular formula is C12H18N2O3. The van der Waals surface area contributed by atoms with Gasteiger partial charge in [-0.25, -0.2) is 0 Å². The van der Waals surface area contributed by atoms with Crippen LogP contribution in [0.3, 0.4) is 0 Å². The van der Waals surface area contributed by atoms with Crippen LogP contribution >= 0.6 is 0 Å². The lowest BCUT2D eigenvalue weighted by Crippen LogP contribution is -2.28. The Bertz CT molecular complexity index is 355. The molecule has 5 heteroatoms. The summed E-state index contributed by atoms with van der Waals surface area (Å²) >= 11 is 0. The minimum absolute atomic E-state index is 0.0587. The first-order valence-corrected chi connectivity index (χ1v) is 5.47. The van der Waals surface area contributed by atoms with E-state index in [1.807, 2.05) is 12.1 Å². The highest BCUT2D eigenvalue weighted by atomic mass is 16.5. The second-order valence-electron chi connectivity index (χ2n) is 3.48. The summed E-state index contributed by atoms with van der Waals surface area (Å²) in [6, 6.07) is 7.20. The van der Waals surface area contributed by atoms with Crippen LogP contribution in [0.5, 0.6) is 5.75 Å². The lowest BCUT2D eigenvalue weighted by Gasteiger charge is -2.08. The molecule has 0 aromatic heterocycles. The molecular weight excluding hydrogens is 220 g/mol. The van der Waals surface area contributed by atoms with Gasteiger partial charge >= 0.3 is 0 Å². The minimum atomic E-state index is -0.0587. The maximum absolute atomic E-state index is 11.3. The summed E-state index contributed by atoms with van der Waals surface area (Å²) in [7, 11) is 1.59. The standard InChI is InChI=1S/C12H18N2O3/c1-16-9-7-14-12(15)6-8-17-11-5-3-2-4-10(11)13/h2-5H,6-9,13H2,1H3,(H,14,15). The van der Waals surface area contributed by atoms with E-state index in [1.54, 1.807) is 19.2 Å². The zero-order chi connectivity index (χ0) is 12.5. The maximum Gasteiger partial charge on any atom is 0.223 e. The fourth-order valence-electron chi connectivity index (χ4n) is 1.25. The molecule has 0 unspecified atom stereocenters. The number of anilines is 1. The van der Waals surface area contributed by atoms with Gasteiger partial charge in [0.1, 0.15) is 5.75 Å². The number of carbonyl (C=O) groups excluding carboxylic acids is 1. The Balaban J connectivity index is 2.19. The smallest absolute Gasteiger partial charge is 0.223 e. The van der Waals surface area contributed by atoms with Gasteiger partial charge in [0.25, 0.3) is 0 Å². The van der Waals surface area contributed by atoms with Gasteiger partial charge in [0.2, 0.25) is 5.91 Å². The highest BCUT2D eigenvalue weighted by Gasteiger charge is 2.02. The van der Waals surface area contributed by atoms with Crippen LogP contribution in [-0.4, -0.2) is 32.8 Å². The molecule has 0 saturated carbocycles. The molecule has 94 valence electrons. The number of hydrogen-bond acceptors (Lipinski definition) is 4. The van der Waals surface area contributed by atoms with Crippen molar-refractivity contribution in [3.63, 3.8) is 0 Å². The van der Waals surface area contributed by atoms with Gasteiger partial charge in [0.05, 0.1) is 25.3 Å². The lowest BCUT2D eigenvalue weighted by atomic mass is 10.3. The topological polar surface area (TPSA) is 73.6 Å². The third-order valence-corrected chi connectivity index (χ3v) is 2.13. The molecule has 0 aliphatic carbocycles. The number of hydrogen-bond donors (Lipinski definition) is 2. The van der Waals surface area contributed by atoms with E-state index < -0.39 is 0 Å². The average Bonchev–Trinajstić information content (AvgIpc) is 2.32. The lowest BCUT2D eigenvalue weighted by molar-refractivity contribution is -0.121. The number of amides is 1. The third-order valence-electron chi connectivity index (χ3n) is 2.13. The molecule has 0 aliphatic heterocycles. The predicted octanol–water partition coefficient (Wildman–Crippen LogP) is 0.800. The number of nitrogen functional groups attached to an aromatic ring is 1. The monoisotopic (exact) mass is 238 g/mol. The summed E-state index contributed by atoms with van der Waals surface area (Å²) in [5.74, 6) is 0.550. The summed E-state index contributed by atoms with van der Waals surface area (Å²) in [5, 5.41) is 2.71. The first-order chi connectivity index (χ1) is 8.24. The van der Waals surface area contributed by atoms with Gasteiger partial charge in [-0.3, -0.25) is 4.79 Å². The largest absolute Gasteiger partial charge is 0.491 e. The number of methoxy groups -OCH3 is 1. The molecule has 0 spiro atoms. The van der Waals surface area contributed by atoms with Crippen molar-refractivity contribution < 1.29 is 14.3 Å². The van der Waals surface area contributed by atoms with Crippen molar-refractivity contribution >= 4 is 11.6 Å². The molecule has 0 heterocycles. The molecule has 1 aromatic carbocycles. The molecule has 0 saturated heterocycles. The predicted molar refractivity (Wildman–Crippen MR) is 65.9 cm³/mol. The fourth-order valence-corrected chi connectivity index (χ4v) is 1.25. The Morgan fingerprint density at radius 1 is 1.35 bits per heavy atom. The van der Waals surface area contributed by atoms with E-state index in [9.17, 15) is 4.79 Å². The number of carbonyl (C=O) groups is 1. The molecule has 1 rings (SSSR count). The van der Waals surface area contributed by atoms with Gasteiger partial charge in [-0.05, 0) is 12.1 Å². The van der Waals surface area contributed by atoms with Crippen LogP contribution in [0.2, 0.25) is 0 Å². The SMILES string of the molecule is COCCNC(=O)CCOc1ccccc1N. The maximum atomic E-state index is 11.3. The van der Waals surface area contributed by atoms with Crippen LogP contribution in [0.15, 0.2) is 24.3 Å². The highest BCUT2D eigenvalue weighted by molar-refractivity contribution is 5.76. The molecule has 0 aliphatic rings. The molecule has 17 heavy (non-hydrogen) atoms. The Labute approximate surface area is 101 Å². The number of nitrogens with two attached hydrogens (primary N) is 1. The van der Waals surface area contributed by atoms with E-state index in [0.29, 0.717) is 37.6 Å². The zero-order valence-electron chi connectivity index (χ0n) is 9.94. The fraction of sp³-hybridized carbons (Fsp3) is 0.417. The van der Waals surface area contributed by atoms with Crippen molar-refractivity contribution in [3.05, 3.63) is 24.3 Å². The summed E-state index contributed by atoms with van der Waals surface area (Å²) in [5.41, 5.74) is 6.27. The summed E-state index contributed by atoms with van der Waals surface area (Å²) in [6.07, 6.45) is 0.304. The van der Waals surface area contributed by atoms with Crippen LogP contribution in [-0.2, 0) is 9.53 Å². The minimum Gasteiger partial charge on any atom is -0.491 e. The Morgan fingerprint density at radius 3 is 2.82 bits per heavy atom. The van der Waals surface area contributed by atoms with Crippen molar-refractivity contribution in [2.24, 2.45) is 0 Å². The molecule has 3 N–H and O–H groups in total. The van der Waals surface area contributed by atoms with E-state index in [0.717, 1.165) is 0 Å². The molecule has 0 atom stereocenters. The Morgan fingerprint density at radius 2 is 2.12 bits per heavy atom. The van der Waals surface area contributed by atoms with Crippen LogP contribution in [0, 0.1) is 0 Å². The van der Waals surface area contributed by atoms with E-state index in [4.69, 9.17) is 15.2 Å². The summed E-state index contributed by atoms with van der Waals surface area (Å²) in [6.45, 7) is 1.34. The number of para-hydroxylation sites is 2. The van der Waals surface area contributed by atoms with Gasteiger partial charge in [-0.2, -0.15) is 0 Å². The molecule has 1 amide bonds. The van der Waals surface area contributed by atoms with Crippen molar-refractivity contribution in [2.75, 3.05) is 32.6 Å². The van der Waals surface area contributed by atoms with Gasteiger partial charge in [-0.1, -0.05) is 12.1 Å². The number of nitrogens with one attached hydrogen (secondary N) is 1. The summed E-state index contributed by atoms with van der Waals surface area (Å²) < 4.78 is 10.2. The van der Waals surface area contributed by atoms with Crippen molar-refractivity contribution in [1.29, 1.82) is 0 Å². The van der Waals surface area contributed by atoms with Gasteiger partial charge in [0.15, 0.2) is 0 Å². The molecule has 0 bridgehead atoms. The van der Waals surface area contributed by atoms with Crippen molar-refractivity contribution in [1.82, 2.24) is 5.32 Å². The van der Waals surface area contributed by atoms with Gasteiger partial charge in [0, 0.05) is 13.7 Å². The van der Waals surface area contributed by atoms with Crippen LogP contribution in [0.1, 0.15) is 6.42 Å².